The number of benzene rings is 1. The first-order valence-electron chi connectivity index (χ1n) is 6.55. The summed E-state index contributed by atoms with van der Waals surface area (Å²) in [4.78, 5) is 9.44. The van der Waals surface area contributed by atoms with Gasteiger partial charge in [0.05, 0.1) is 24.1 Å². The van der Waals surface area contributed by atoms with Crippen molar-refractivity contribution >= 4 is 15.9 Å². The van der Waals surface area contributed by atoms with Crippen LogP contribution < -0.4 is 0 Å². The number of hydrogen-bond donors (Lipinski definition) is 1. The molecule has 0 spiro atoms. The number of imidazole rings is 1. The average Bonchev–Trinajstić information content (AvgIpc) is 3.10. The molecule has 1 aromatic carbocycles. The van der Waals surface area contributed by atoms with Crippen LogP contribution in [0.3, 0.4) is 0 Å². The summed E-state index contributed by atoms with van der Waals surface area (Å²) in [5.74, 6) is 0.942. The highest BCUT2D eigenvalue weighted by molar-refractivity contribution is 9.10. The van der Waals surface area contributed by atoms with Crippen LogP contribution in [0, 0.1) is 0 Å². The van der Waals surface area contributed by atoms with Crippen LogP contribution in [-0.2, 0) is 13.1 Å². The van der Waals surface area contributed by atoms with Gasteiger partial charge in [-0.2, -0.15) is 0 Å². The summed E-state index contributed by atoms with van der Waals surface area (Å²) in [7, 11) is 2.03. The Kier molecular flexibility index (Phi) is 4.12. The summed E-state index contributed by atoms with van der Waals surface area (Å²) >= 11 is 3.46. The van der Waals surface area contributed by atoms with Crippen molar-refractivity contribution in [3.63, 3.8) is 0 Å². The standard InChI is InChI=1S/C14H15BrN6/c1-20(10-14-16-5-6-17-14)8-12-9-21(19-18-12)13-4-2-3-11(15)7-13/h2-7,9H,8,10H2,1H3,(H,16,17). The minimum atomic E-state index is 0.717. The first kappa shape index (κ1) is 14.0. The van der Waals surface area contributed by atoms with E-state index in [0.29, 0.717) is 6.54 Å². The molecule has 0 unspecified atom stereocenters. The van der Waals surface area contributed by atoms with Crippen molar-refractivity contribution in [2.75, 3.05) is 7.05 Å². The lowest BCUT2D eigenvalue weighted by atomic mass is 10.3. The summed E-state index contributed by atoms with van der Waals surface area (Å²) < 4.78 is 2.80. The number of aromatic amines is 1. The molecule has 0 bridgehead atoms. The van der Waals surface area contributed by atoms with Crippen LogP contribution in [0.15, 0.2) is 47.3 Å². The van der Waals surface area contributed by atoms with E-state index in [1.807, 2.05) is 43.7 Å². The van der Waals surface area contributed by atoms with Gasteiger partial charge >= 0.3 is 0 Å². The normalized spacial score (nSPS) is 11.2. The largest absolute Gasteiger partial charge is 0.348 e. The van der Waals surface area contributed by atoms with Crippen molar-refractivity contribution in [2.45, 2.75) is 13.1 Å². The molecule has 3 rings (SSSR count). The zero-order chi connectivity index (χ0) is 14.7. The van der Waals surface area contributed by atoms with E-state index >= 15 is 0 Å². The molecule has 0 aliphatic carbocycles. The maximum atomic E-state index is 4.22. The fraction of sp³-hybridized carbons (Fsp3) is 0.214. The molecular formula is C14H15BrN6. The van der Waals surface area contributed by atoms with Gasteiger partial charge in [0.2, 0.25) is 0 Å². The average molecular weight is 347 g/mol. The number of halogens is 1. The van der Waals surface area contributed by atoms with Gasteiger partial charge in [-0.25, -0.2) is 9.67 Å². The summed E-state index contributed by atoms with van der Waals surface area (Å²) in [6.07, 6.45) is 5.53. The minimum Gasteiger partial charge on any atom is -0.348 e. The molecule has 0 aliphatic heterocycles. The van der Waals surface area contributed by atoms with Gasteiger partial charge in [-0.1, -0.05) is 27.2 Å². The van der Waals surface area contributed by atoms with Gasteiger partial charge in [0, 0.05) is 23.4 Å². The van der Waals surface area contributed by atoms with E-state index in [4.69, 9.17) is 0 Å². The minimum absolute atomic E-state index is 0.717. The molecule has 0 saturated carbocycles. The Hall–Kier alpha value is -1.99. The molecule has 2 aromatic heterocycles. The van der Waals surface area contributed by atoms with Crippen LogP contribution in [-0.4, -0.2) is 36.9 Å². The van der Waals surface area contributed by atoms with Crippen LogP contribution in [0.2, 0.25) is 0 Å². The number of rotatable bonds is 5. The quantitative estimate of drug-likeness (QED) is 0.770. The second-order valence-corrected chi connectivity index (χ2v) is 5.76. The molecule has 0 atom stereocenters. The van der Waals surface area contributed by atoms with E-state index in [1.54, 1.807) is 10.9 Å². The molecule has 0 amide bonds. The Labute approximate surface area is 130 Å². The number of nitrogens with zero attached hydrogens (tertiary/aromatic N) is 5. The molecule has 0 aliphatic rings. The monoisotopic (exact) mass is 346 g/mol. The van der Waals surface area contributed by atoms with E-state index in [9.17, 15) is 0 Å². The lowest BCUT2D eigenvalue weighted by Gasteiger charge is -2.12. The van der Waals surface area contributed by atoms with E-state index in [2.05, 4.69) is 41.1 Å². The Morgan fingerprint density at radius 2 is 2.24 bits per heavy atom. The first-order valence-corrected chi connectivity index (χ1v) is 7.34. The lowest BCUT2D eigenvalue weighted by molar-refractivity contribution is 0.307. The van der Waals surface area contributed by atoms with Crippen LogP contribution >= 0.6 is 15.9 Å². The van der Waals surface area contributed by atoms with Gasteiger partial charge < -0.3 is 4.98 Å². The molecule has 3 aromatic rings. The zero-order valence-electron chi connectivity index (χ0n) is 11.6. The molecular weight excluding hydrogens is 332 g/mol. The van der Waals surface area contributed by atoms with Crippen LogP contribution in [0.25, 0.3) is 5.69 Å². The second-order valence-electron chi connectivity index (χ2n) is 4.84. The van der Waals surface area contributed by atoms with E-state index in [1.165, 1.54) is 0 Å². The fourth-order valence-corrected chi connectivity index (χ4v) is 2.48. The summed E-state index contributed by atoms with van der Waals surface area (Å²) in [5, 5.41) is 8.39. The predicted molar refractivity (Wildman–Crippen MR) is 82.8 cm³/mol. The number of nitrogens with one attached hydrogen (secondary N) is 1. The van der Waals surface area contributed by atoms with Crippen molar-refractivity contribution in [1.29, 1.82) is 0 Å². The number of aromatic nitrogens is 5. The van der Waals surface area contributed by atoms with Crippen molar-refractivity contribution in [3.05, 3.63) is 58.8 Å². The third-order valence-corrected chi connectivity index (χ3v) is 3.51. The Morgan fingerprint density at radius 1 is 1.33 bits per heavy atom. The highest BCUT2D eigenvalue weighted by Gasteiger charge is 2.08. The Morgan fingerprint density at radius 3 is 3.00 bits per heavy atom. The molecule has 7 heteroatoms. The van der Waals surface area contributed by atoms with Gasteiger partial charge in [-0.15, -0.1) is 5.10 Å². The van der Waals surface area contributed by atoms with Crippen LogP contribution in [0.4, 0.5) is 0 Å². The van der Waals surface area contributed by atoms with E-state index < -0.39 is 0 Å². The summed E-state index contributed by atoms with van der Waals surface area (Å²) in [6, 6.07) is 7.96. The van der Waals surface area contributed by atoms with Crippen LogP contribution in [0.1, 0.15) is 11.5 Å². The Balaban J connectivity index is 1.67. The zero-order valence-corrected chi connectivity index (χ0v) is 13.2. The van der Waals surface area contributed by atoms with Gasteiger partial charge in [0.15, 0.2) is 0 Å². The van der Waals surface area contributed by atoms with E-state index in [-0.39, 0.29) is 0 Å². The maximum absolute atomic E-state index is 4.22. The fourth-order valence-electron chi connectivity index (χ4n) is 2.09. The SMILES string of the molecule is CN(Cc1cn(-c2cccc(Br)c2)nn1)Cc1ncc[nH]1. The lowest BCUT2D eigenvalue weighted by Crippen LogP contribution is -2.18. The molecule has 21 heavy (non-hydrogen) atoms. The third kappa shape index (κ3) is 3.56. The van der Waals surface area contributed by atoms with Crippen molar-refractivity contribution in [2.24, 2.45) is 0 Å². The van der Waals surface area contributed by atoms with Gasteiger partial charge in [0.1, 0.15) is 5.82 Å². The molecule has 2 heterocycles. The van der Waals surface area contributed by atoms with Crippen molar-refractivity contribution in [1.82, 2.24) is 29.9 Å². The second kappa shape index (κ2) is 6.19. The first-order chi connectivity index (χ1) is 10.2. The van der Waals surface area contributed by atoms with Gasteiger partial charge in [-0.3, -0.25) is 4.90 Å². The smallest absolute Gasteiger partial charge is 0.120 e. The summed E-state index contributed by atoms with van der Waals surface area (Å²) in [6.45, 7) is 1.46. The van der Waals surface area contributed by atoms with Gasteiger partial charge in [-0.05, 0) is 25.2 Å². The van der Waals surface area contributed by atoms with Crippen LogP contribution in [0.5, 0.6) is 0 Å². The molecule has 1 N–H and O–H groups in total. The third-order valence-electron chi connectivity index (χ3n) is 3.02. The van der Waals surface area contributed by atoms with Crippen molar-refractivity contribution < 1.29 is 0 Å². The highest BCUT2D eigenvalue weighted by Crippen LogP contribution is 2.15. The predicted octanol–water partition coefficient (Wildman–Crippen LogP) is 2.38. The van der Waals surface area contributed by atoms with Crippen molar-refractivity contribution in [3.8, 4) is 5.69 Å². The molecule has 108 valence electrons. The maximum Gasteiger partial charge on any atom is 0.120 e. The topological polar surface area (TPSA) is 62.6 Å². The Bertz CT molecular complexity index is 706. The number of hydrogen-bond acceptors (Lipinski definition) is 4. The highest BCUT2D eigenvalue weighted by atomic mass is 79.9. The molecule has 0 fully saturated rings. The molecule has 6 nitrogen and oxygen atoms in total. The van der Waals surface area contributed by atoms with E-state index in [0.717, 1.165) is 28.2 Å². The summed E-state index contributed by atoms with van der Waals surface area (Å²) in [5.41, 5.74) is 1.90. The van der Waals surface area contributed by atoms with Gasteiger partial charge in [0.25, 0.3) is 0 Å². The number of H-pyrrole nitrogens is 1. The molecule has 0 saturated heterocycles. The molecule has 0 radical (unpaired) electrons.